The molecule has 6 heteroatoms. The summed E-state index contributed by atoms with van der Waals surface area (Å²) in [5.74, 6) is -0.0346. The molecule has 1 fully saturated rings. The first-order chi connectivity index (χ1) is 9.58. The standard InChI is InChI=1S/C14H26N2O4/c1-12(18)15-8-4-2-3-5-13(19)16-14(11-17)6-9-20-10-7-14/h17H,2-11H2,1H3,(H,15,18)(H,16,19). The van der Waals surface area contributed by atoms with E-state index in [1.807, 2.05) is 0 Å². The lowest BCUT2D eigenvalue weighted by atomic mass is 9.90. The lowest BCUT2D eigenvalue weighted by molar-refractivity contribution is -0.125. The van der Waals surface area contributed by atoms with E-state index in [-0.39, 0.29) is 18.4 Å². The Kier molecular flexibility index (Phi) is 7.54. The van der Waals surface area contributed by atoms with Crippen molar-refractivity contribution in [2.45, 2.75) is 51.0 Å². The average Bonchev–Trinajstić information content (AvgIpc) is 2.43. The van der Waals surface area contributed by atoms with Gasteiger partial charge in [-0.15, -0.1) is 0 Å². The maximum atomic E-state index is 11.9. The Morgan fingerprint density at radius 1 is 1.20 bits per heavy atom. The van der Waals surface area contributed by atoms with Gasteiger partial charge in [-0.05, 0) is 25.7 Å². The summed E-state index contributed by atoms with van der Waals surface area (Å²) in [5, 5.41) is 15.2. The first-order valence-electron chi connectivity index (χ1n) is 7.32. The van der Waals surface area contributed by atoms with Crippen LogP contribution in [0.4, 0.5) is 0 Å². The van der Waals surface area contributed by atoms with Crippen molar-refractivity contribution >= 4 is 11.8 Å². The highest BCUT2D eigenvalue weighted by molar-refractivity contribution is 5.76. The summed E-state index contributed by atoms with van der Waals surface area (Å²) < 4.78 is 5.26. The van der Waals surface area contributed by atoms with E-state index in [1.54, 1.807) is 0 Å². The number of aliphatic hydroxyl groups is 1. The van der Waals surface area contributed by atoms with Crippen LogP contribution < -0.4 is 10.6 Å². The molecule has 0 aromatic rings. The van der Waals surface area contributed by atoms with Gasteiger partial charge in [-0.2, -0.15) is 0 Å². The van der Waals surface area contributed by atoms with Crippen molar-refractivity contribution in [2.24, 2.45) is 0 Å². The number of carbonyl (C=O) groups is 2. The van der Waals surface area contributed by atoms with E-state index < -0.39 is 5.54 Å². The Balaban J connectivity index is 2.14. The quantitative estimate of drug-likeness (QED) is 0.562. The first kappa shape index (κ1) is 16.9. The zero-order valence-corrected chi connectivity index (χ0v) is 12.2. The summed E-state index contributed by atoms with van der Waals surface area (Å²) in [6, 6.07) is 0. The van der Waals surface area contributed by atoms with Gasteiger partial charge in [-0.1, -0.05) is 6.42 Å². The second-order valence-electron chi connectivity index (χ2n) is 5.39. The maximum Gasteiger partial charge on any atom is 0.220 e. The second-order valence-corrected chi connectivity index (χ2v) is 5.39. The highest BCUT2D eigenvalue weighted by atomic mass is 16.5. The highest BCUT2D eigenvalue weighted by Gasteiger charge is 2.33. The molecule has 1 saturated heterocycles. The zero-order chi connectivity index (χ0) is 14.8. The van der Waals surface area contributed by atoms with Gasteiger partial charge in [0.05, 0.1) is 12.1 Å². The molecule has 1 heterocycles. The molecular weight excluding hydrogens is 260 g/mol. The van der Waals surface area contributed by atoms with Crippen LogP contribution in [0, 0.1) is 0 Å². The summed E-state index contributed by atoms with van der Waals surface area (Å²) in [6.07, 6.45) is 4.37. The minimum atomic E-state index is -0.495. The van der Waals surface area contributed by atoms with Gasteiger partial charge in [0.25, 0.3) is 0 Å². The SMILES string of the molecule is CC(=O)NCCCCCC(=O)NC1(CO)CCOCC1. The molecule has 0 aliphatic carbocycles. The third kappa shape index (κ3) is 6.34. The molecule has 0 atom stereocenters. The third-order valence-electron chi connectivity index (χ3n) is 3.61. The largest absolute Gasteiger partial charge is 0.394 e. The maximum absolute atomic E-state index is 11.9. The number of rotatable bonds is 8. The van der Waals surface area contributed by atoms with Crippen molar-refractivity contribution in [1.29, 1.82) is 0 Å². The zero-order valence-electron chi connectivity index (χ0n) is 12.2. The van der Waals surface area contributed by atoms with Gasteiger partial charge in [0, 0.05) is 33.1 Å². The van der Waals surface area contributed by atoms with Crippen LogP contribution in [-0.2, 0) is 14.3 Å². The number of carbonyl (C=O) groups excluding carboxylic acids is 2. The molecule has 0 aromatic carbocycles. The Hall–Kier alpha value is -1.14. The molecule has 2 amide bonds. The van der Waals surface area contributed by atoms with E-state index in [2.05, 4.69) is 10.6 Å². The molecule has 0 bridgehead atoms. The lowest BCUT2D eigenvalue weighted by Gasteiger charge is -2.36. The summed E-state index contributed by atoms with van der Waals surface area (Å²) in [6.45, 7) is 3.28. The topological polar surface area (TPSA) is 87.7 Å². The summed E-state index contributed by atoms with van der Waals surface area (Å²) in [4.78, 5) is 22.5. The third-order valence-corrected chi connectivity index (χ3v) is 3.61. The normalized spacial score (nSPS) is 17.5. The van der Waals surface area contributed by atoms with Crippen LogP contribution in [0.5, 0.6) is 0 Å². The lowest BCUT2D eigenvalue weighted by Crippen LogP contribution is -2.54. The number of hydrogen-bond donors (Lipinski definition) is 3. The van der Waals surface area contributed by atoms with E-state index in [4.69, 9.17) is 4.74 Å². The molecule has 1 rings (SSSR count). The molecule has 0 aromatic heterocycles. The molecule has 0 spiro atoms. The van der Waals surface area contributed by atoms with Gasteiger partial charge in [-0.3, -0.25) is 9.59 Å². The van der Waals surface area contributed by atoms with Crippen molar-refractivity contribution in [2.75, 3.05) is 26.4 Å². The van der Waals surface area contributed by atoms with Crippen LogP contribution >= 0.6 is 0 Å². The molecule has 20 heavy (non-hydrogen) atoms. The van der Waals surface area contributed by atoms with Gasteiger partial charge in [0.1, 0.15) is 0 Å². The number of amides is 2. The predicted molar refractivity (Wildman–Crippen MR) is 75.2 cm³/mol. The van der Waals surface area contributed by atoms with Gasteiger partial charge >= 0.3 is 0 Å². The molecule has 0 radical (unpaired) electrons. The number of unbranched alkanes of at least 4 members (excludes halogenated alkanes) is 2. The van der Waals surface area contributed by atoms with E-state index in [0.717, 1.165) is 19.3 Å². The number of aliphatic hydroxyl groups excluding tert-OH is 1. The van der Waals surface area contributed by atoms with Crippen LogP contribution in [0.15, 0.2) is 0 Å². The van der Waals surface area contributed by atoms with Crippen LogP contribution in [-0.4, -0.2) is 48.8 Å². The summed E-state index contributed by atoms with van der Waals surface area (Å²) >= 11 is 0. The minimum absolute atomic E-state index is 0.0134. The minimum Gasteiger partial charge on any atom is -0.394 e. The number of ether oxygens (including phenoxy) is 1. The van der Waals surface area contributed by atoms with Crippen molar-refractivity contribution < 1.29 is 19.4 Å². The van der Waals surface area contributed by atoms with Crippen LogP contribution in [0.25, 0.3) is 0 Å². The average molecular weight is 286 g/mol. The number of nitrogens with one attached hydrogen (secondary N) is 2. The summed E-state index contributed by atoms with van der Waals surface area (Å²) in [5.41, 5.74) is -0.495. The Labute approximate surface area is 120 Å². The molecule has 1 aliphatic rings. The predicted octanol–water partition coefficient (Wildman–Crippen LogP) is 0.341. The Morgan fingerprint density at radius 2 is 1.90 bits per heavy atom. The van der Waals surface area contributed by atoms with E-state index in [9.17, 15) is 14.7 Å². The van der Waals surface area contributed by atoms with Crippen molar-refractivity contribution in [3.05, 3.63) is 0 Å². The summed E-state index contributed by atoms with van der Waals surface area (Å²) in [7, 11) is 0. The van der Waals surface area contributed by atoms with Crippen molar-refractivity contribution in [3.63, 3.8) is 0 Å². The fourth-order valence-electron chi connectivity index (χ4n) is 2.29. The fraction of sp³-hybridized carbons (Fsp3) is 0.857. The first-order valence-corrected chi connectivity index (χ1v) is 7.32. The van der Waals surface area contributed by atoms with Gasteiger partial charge in [-0.25, -0.2) is 0 Å². The second kappa shape index (κ2) is 8.92. The molecule has 6 nitrogen and oxygen atoms in total. The van der Waals surface area contributed by atoms with E-state index in [0.29, 0.717) is 39.0 Å². The molecule has 3 N–H and O–H groups in total. The molecule has 1 aliphatic heterocycles. The fourth-order valence-corrected chi connectivity index (χ4v) is 2.29. The molecule has 116 valence electrons. The van der Waals surface area contributed by atoms with Crippen LogP contribution in [0.3, 0.4) is 0 Å². The van der Waals surface area contributed by atoms with Crippen molar-refractivity contribution in [3.8, 4) is 0 Å². The van der Waals surface area contributed by atoms with Gasteiger partial charge in [0.15, 0.2) is 0 Å². The Morgan fingerprint density at radius 3 is 2.50 bits per heavy atom. The number of hydrogen-bond acceptors (Lipinski definition) is 4. The van der Waals surface area contributed by atoms with Crippen LogP contribution in [0.2, 0.25) is 0 Å². The smallest absolute Gasteiger partial charge is 0.220 e. The Bertz CT molecular complexity index is 314. The monoisotopic (exact) mass is 286 g/mol. The highest BCUT2D eigenvalue weighted by Crippen LogP contribution is 2.20. The van der Waals surface area contributed by atoms with Crippen LogP contribution in [0.1, 0.15) is 45.4 Å². The van der Waals surface area contributed by atoms with E-state index in [1.165, 1.54) is 6.92 Å². The molecular formula is C14H26N2O4. The van der Waals surface area contributed by atoms with Gasteiger partial charge < -0.3 is 20.5 Å². The van der Waals surface area contributed by atoms with Crippen molar-refractivity contribution in [1.82, 2.24) is 10.6 Å². The van der Waals surface area contributed by atoms with Gasteiger partial charge in [0.2, 0.25) is 11.8 Å². The van der Waals surface area contributed by atoms with E-state index >= 15 is 0 Å². The molecule has 0 unspecified atom stereocenters. The molecule has 0 saturated carbocycles.